The number of rotatable bonds is 5. The highest BCUT2D eigenvalue weighted by Gasteiger charge is 2.46. The number of sulfonamides is 1. The molecule has 1 aromatic carbocycles. The summed E-state index contributed by atoms with van der Waals surface area (Å²) in [5.74, 6) is 0. The lowest BCUT2D eigenvalue weighted by Crippen LogP contribution is -2.51. The van der Waals surface area contributed by atoms with Crippen LogP contribution in [-0.2, 0) is 20.4 Å². The van der Waals surface area contributed by atoms with Gasteiger partial charge in [0.2, 0.25) is 10.0 Å². The van der Waals surface area contributed by atoms with E-state index in [1.807, 2.05) is 24.3 Å². The van der Waals surface area contributed by atoms with Crippen LogP contribution in [0.15, 0.2) is 24.3 Å². The van der Waals surface area contributed by atoms with Crippen LogP contribution in [0.3, 0.4) is 0 Å². The van der Waals surface area contributed by atoms with Crippen LogP contribution < -0.4 is 9.91 Å². The molecule has 1 fully saturated rings. The predicted octanol–water partition coefficient (Wildman–Crippen LogP) is 1.15. The minimum Gasteiger partial charge on any atom is -0.381 e. The maximum Gasteiger partial charge on any atom is 0.214 e. The van der Waals surface area contributed by atoms with Gasteiger partial charge in [0.1, 0.15) is 5.60 Å². The van der Waals surface area contributed by atoms with Crippen LogP contribution in [0.2, 0.25) is 19.6 Å². The van der Waals surface area contributed by atoms with Gasteiger partial charge in [-0.2, -0.15) is 0 Å². The Balaban J connectivity index is 2.29. The molecule has 1 aliphatic heterocycles. The van der Waals surface area contributed by atoms with E-state index >= 15 is 0 Å². The monoisotopic (exact) mass is 357 g/mol. The van der Waals surface area contributed by atoms with Crippen molar-refractivity contribution in [3.8, 4) is 0 Å². The highest BCUT2D eigenvalue weighted by Crippen LogP contribution is 2.31. The Morgan fingerprint density at radius 2 is 1.83 bits per heavy atom. The minimum atomic E-state index is -3.48. The summed E-state index contributed by atoms with van der Waals surface area (Å²) >= 11 is 0. The fourth-order valence-electron chi connectivity index (χ4n) is 2.58. The second kappa shape index (κ2) is 6.29. The lowest BCUT2D eigenvalue weighted by atomic mass is 9.90. The molecule has 2 atom stereocenters. The zero-order valence-corrected chi connectivity index (χ0v) is 16.3. The summed E-state index contributed by atoms with van der Waals surface area (Å²) in [6.07, 6.45) is 0. The third-order valence-corrected chi connectivity index (χ3v) is 8.28. The standard InChI is InChI=1S/C16H27NO4SSi/c1-12(2)22(19,20)17-15-10-21-11-16(15,18)13-6-8-14(9-7-13)23(3,4)5/h6-9,12,15,17-18H,10-11H2,1-5H3/t15-,16-/m0/s1. The summed E-state index contributed by atoms with van der Waals surface area (Å²) < 4.78 is 32.2. The summed E-state index contributed by atoms with van der Waals surface area (Å²) in [6, 6.07) is 7.17. The molecule has 0 amide bonds. The molecule has 0 aromatic heterocycles. The van der Waals surface area contributed by atoms with Crippen LogP contribution in [-0.4, -0.2) is 46.1 Å². The molecule has 1 aliphatic rings. The molecule has 1 saturated heterocycles. The Kier molecular flexibility index (Phi) is 5.09. The molecule has 0 spiro atoms. The zero-order chi connectivity index (χ0) is 17.5. The average molecular weight is 358 g/mol. The van der Waals surface area contributed by atoms with Gasteiger partial charge in [-0.15, -0.1) is 0 Å². The molecule has 0 radical (unpaired) electrons. The van der Waals surface area contributed by atoms with Crippen molar-refractivity contribution >= 4 is 23.3 Å². The van der Waals surface area contributed by atoms with Crippen LogP contribution in [0.1, 0.15) is 19.4 Å². The fourth-order valence-corrected chi connectivity index (χ4v) is 4.68. The molecule has 2 rings (SSSR count). The summed E-state index contributed by atoms with van der Waals surface area (Å²) in [5, 5.41) is 11.8. The Morgan fingerprint density at radius 3 is 2.30 bits per heavy atom. The van der Waals surface area contributed by atoms with E-state index in [0.29, 0.717) is 5.56 Å². The average Bonchev–Trinajstić information content (AvgIpc) is 2.80. The van der Waals surface area contributed by atoms with Crippen molar-refractivity contribution in [3.05, 3.63) is 29.8 Å². The van der Waals surface area contributed by atoms with Gasteiger partial charge in [-0.1, -0.05) is 49.1 Å². The summed E-state index contributed by atoms with van der Waals surface area (Å²) in [4.78, 5) is 0. The Bertz CT molecular complexity index is 652. The van der Waals surface area contributed by atoms with Gasteiger partial charge in [-0.3, -0.25) is 0 Å². The molecule has 0 saturated carbocycles. The van der Waals surface area contributed by atoms with Crippen molar-refractivity contribution in [2.24, 2.45) is 0 Å². The van der Waals surface area contributed by atoms with E-state index in [1.165, 1.54) is 5.19 Å². The highest BCUT2D eigenvalue weighted by atomic mass is 32.2. The summed E-state index contributed by atoms with van der Waals surface area (Å²) in [7, 11) is -4.89. The molecule has 130 valence electrons. The maximum atomic E-state index is 12.1. The van der Waals surface area contributed by atoms with Crippen LogP contribution in [0.4, 0.5) is 0 Å². The number of aliphatic hydroxyl groups is 1. The van der Waals surface area contributed by atoms with E-state index in [4.69, 9.17) is 4.74 Å². The van der Waals surface area contributed by atoms with Crippen molar-refractivity contribution in [2.45, 2.75) is 50.4 Å². The van der Waals surface area contributed by atoms with Crippen molar-refractivity contribution in [2.75, 3.05) is 13.2 Å². The first kappa shape index (κ1) is 18.6. The SMILES string of the molecule is CC(C)S(=O)(=O)N[C@H]1COC[C@]1(O)c1ccc([Si](C)(C)C)cc1. The summed E-state index contributed by atoms with van der Waals surface area (Å²) in [5.41, 5.74) is -0.645. The first-order valence-electron chi connectivity index (χ1n) is 7.89. The van der Waals surface area contributed by atoms with Gasteiger partial charge in [-0.25, -0.2) is 13.1 Å². The van der Waals surface area contributed by atoms with Crippen molar-refractivity contribution < 1.29 is 18.3 Å². The van der Waals surface area contributed by atoms with Crippen molar-refractivity contribution in [3.63, 3.8) is 0 Å². The molecular formula is C16H27NO4SSi. The van der Waals surface area contributed by atoms with E-state index in [-0.39, 0.29) is 13.2 Å². The first-order chi connectivity index (χ1) is 10.5. The van der Waals surface area contributed by atoms with Gasteiger partial charge in [0.25, 0.3) is 0 Å². The predicted molar refractivity (Wildman–Crippen MR) is 95.1 cm³/mol. The van der Waals surface area contributed by atoms with E-state index in [0.717, 1.165) is 0 Å². The zero-order valence-electron chi connectivity index (χ0n) is 14.5. The Morgan fingerprint density at radius 1 is 1.26 bits per heavy atom. The van der Waals surface area contributed by atoms with Crippen LogP contribution in [0, 0.1) is 0 Å². The van der Waals surface area contributed by atoms with Crippen LogP contribution in [0.5, 0.6) is 0 Å². The largest absolute Gasteiger partial charge is 0.381 e. The third kappa shape index (κ3) is 3.85. The van der Waals surface area contributed by atoms with E-state index in [1.54, 1.807) is 13.8 Å². The quantitative estimate of drug-likeness (QED) is 0.775. The van der Waals surface area contributed by atoms with E-state index < -0.39 is 35.0 Å². The van der Waals surface area contributed by atoms with Gasteiger partial charge < -0.3 is 9.84 Å². The molecule has 7 heteroatoms. The number of benzene rings is 1. The molecule has 5 nitrogen and oxygen atoms in total. The highest BCUT2D eigenvalue weighted by molar-refractivity contribution is 7.90. The molecule has 0 unspecified atom stereocenters. The number of ether oxygens (including phenoxy) is 1. The van der Waals surface area contributed by atoms with E-state index in [9.17, 15) is 13.5 Å². The van der Waals surface area contributed by atoms with Crippen molar-refractivity contribution in [1.82, 2.24) is 4.72 Å². The lowest BCUT2D eigenvalue weighted by Gasteiger charge is -2.30. The molecule has 0 aliphatic carbocycles. The summed E-state index contributed by atoms with van der Waals surface area (Å²) in [6.45, 7) is 10.3. The lowest BCUT2D eigenvalue weighted by molar-refractivity contribution is 0.0121. The normalized spacial score (nSPS) is 26.0. The van der Waals surface area contributed by atoms with Gasteiger partial charge in [0, 0.05) is 0 Å². The fraction of sp³-hybridized carbons (Fsp3) is 0.625. The van der Waals surface area contributed by atoms with Crippen molar-refractivity contribution in [1.29, 1.82) is 0 Å². The maximum absolute atomic E-state index is 12.1. The molecule has 0 bridgehead atoms. The van der Waals surface area contributed by atoms with E-state index in [2.05, 4.69) is 24.4 Å². The smallest absolute Gasteiger partial charge is 0.214 e. The van der Waals surface area contributed by atoms with Gasteiger partial charge >= 0.3 is 0 Å². The first-order valence-corrected chi connectivity index (χ1v) is 12.9. The molecule has 23 heavy (non-hydrogen) atoms. The second-order valence-corrected chi connectivity index (χ2v) is 14.9. The molecule has 2 N–H and O–H groups in total. The molecule has 1 heterocycles. The number of nitrogens with one attached hydrogen (secondary N) is 1. The number of hydrogen-bond acceptors (Lipinski definition) is 4. The van der Waals surface area contributed by atoms with Crippen LogP contribution >= 0.6 is 0 Å². The Hall–Kier alpha value is -0.733. The van der Waals surface area contributed by atoms with Gasteiger partial charge in [0.05, 0.1) is 32.6 Å². The third-order valence-electron chi connectivity index (χ3n) is 4.36. The topological polar surface area (TPSA) is 75.6 Å². The Labute approximate surface area is 140 Å². The molecular weight excluding hydrogens is 330 g/mol. The van der Waals surface area contributed by atoms with Crippen LogP contribution in [0.25, 0.3) is 0 Å². The number of hydrogen-bond donors (Lipinski definition) is 2. The molecule has 1 aromatic rings. The minimum absolute atomic E-state index is 0.0879. The second-order valence-electron chi connectivity index (χ2n) is 7.53. The van der Waals surface area contributed by atoms with Gasteiger partial charge in [0.15, 0.2) is 0 Å². The van der Waals surface area contributed by atoms with Gasteiger partial charge in [-0.05, 0) is 19.4 Å².